The fourth-order valence-electron chi connectivity index (χ4n) is 0.742. The molecule has 0 rings (SSSR count). The predicted octanol–water partition coefficient (Wildman–Crippen LogP) is 1.27. The summed E-state index contributed by atoms with van der Waals surface area (Å²) in [5, 5.41) is 0.390. The lowest BCUT2D eigenvalue weighted by Crippen LogP contribution is -2.36. The van der Waals surface area contributed by atoms with Gasteiger partial charge in [0.15, 0.2) is 0 Å². The van der Waals surface area contributed by atoms with Gasteiger partial charge in [-0.15, -0.1) is 0 Å². The summed E-state index contributed by atoms with van der Waals surface area (Å²) in [5.41, 5.74) is 5.64. The molecule has 11 heavy (non-hydrogen) atoms. The van der Waals surface area contributed by atoms with E-state index in [0.717, 1.165) is 6.42 Å². The third-order valence-corrected chi connectivity index (χ3v) is 4.37. The monoisotopic (exact) mass is 177 g/mol. The van der Waals surface area contributed by atoms with Crippen LogP contribution in [-0.4, -0.2) is 20.8 Å². The lowest BCUT2D eigenvalue weighted by molar-refractivity contribution is 0.636. The zero-order valence-electron chi connectivity index (χ0n) is 7.83. The highest BCUT2D eigenvalue weighted by Gasteiger charge is 2.19. The van der Waals surface area contributed by atoms with E-state index >= 15 is 0 Å². The number of hydrogen-bond donors (Lipinski definition) is 1. The van der Waals surface area contributed by atoms with E-state index in [9.17, 15) is 4.21 Å². The molecule has 0 fully saturated rings. The Labute approximate surface area is 72.0 Å². The van der Waals surface area contributed by atoms with Crippen LogP contribution in [0.15, 0.2) is 0 Å². The predicted molar refractivity (Wildman–Crippen MR) is 51.0 cm³/mol. The minimum Gasteiger partial charge on any atom is -0.327 e. The summed E-state index contributed by atoms with van der Waals surface area (Å²) in [6.45, 7) is 7.92. The van der Waals surface area contributed by atoms with Gasteiger partial charge in [0, 0.05) is 27.3 Å². The second-order valence-electron chi connectivity index (χ2n) is 3.11. The summed E-state index contributed by atoms with van der Waals surface area (Å²) in [6, 6.07) is 0.0323. The molecular weight excluding hydrogens is 158 g/mol. The molecule has 2 N–H and O–H groups in total. The van der Waals surface area contributed by atoms with Gasteiger partial charge in [0.25, 0.3) is 0 Å². The highest BCUT2D eigenvalue weighted by molar-refractivity contribution is 7.86. The molecule has 0 aromatic carbocycles. The van der Waals surface area contributed by atoms with Crippen LogP contribution < -0.4 is 5.73 Å². The molecule has 0 bridgehead atoms. The van der Waals surface area contributed by atoms with E-state index < -0.39 is 10.8 Å². The lowest BCUT2D eigenvalue weighted by Gasteiger charge is -2.18. The van der Waals surface area contributed by atoms with E-state index in [1.54, 1.807) is 0 Å². The van der Waals surface area contributed by atoms with Crippen LogP contribution in [-0.2, 0) is 10.8 Å². The van der Waals surface area contributed by atoms with Crippen molar-refractivity contribution in [1.82, 2.24) is 0 Å². The zero-order valence-corrected chi connectivity index (χ0v) is 8.65. The van der Waals surface area contributed by atoms with Crippen molar-refractivity contribution in [3.63, 3.8) is 0 Å². The molecule has 4 atom stereocenters. The second kappa shape index (κ2) is 4.88. The third kappa shape index (κ3) is 3.34. The molecule has 0 heterocycles. The van der Waals surface area contributed by atoms with Crippen LogP contribution in [0.2, 0.25) is 0 Å². The van der Waals surface area contributed by atoms with Crippen LogP contribution in [0.3, 0.4) is 0 Å². The Kier molecular flexibility index (Phi) is 4.93. The van der Waals surface area contributed by atoms with Crippen molar-refractivity contribution >= 4 is 10.8 Å². The fraction of sp³-hybridized carbons (Fsp3) is 1.00. The molecule has 0 aliphatic rings. The Bertz CT molecular complexity index is 136. The third-order valence-electron chi connectivity index (χ3n) is 2.08. The maximum Gasteiger partial charge on any atom is 0.0470 e. The molecule has 0 amide bonds. The first-order valence-corrected chi connectivity index (χ1v) is 5.43. The van der Waals surface area contributed by atoms with Crippen molar-refractivity contribution < 1.29 is 4.21 Å². The highest BCUT2D eigenvalue weighted by Crippen LogP contribution is 2.08. The van der Waals surface area contributed by atoms with Crippen molar-refractivity contribution in [3.8, 4) is 0 Å². The van der Waals surface area contributed by atoms with E-state index in [4.69, 9.17) is 5.73 Å². The first-order chi connectivity index (χ1) is 5.00. The van der Waals surface area contributed by atoms with Gasteiger partial charge in [-0.3, -0.25) is 4.21 Å². The van der Waals surface area contributed by atoms with Gasteiger partial charge in [-0.2, -0.15) is 0 Å². The number of hydrogen-bond acceptors (Lipinski definition) is 2. The minimum absolute atomic E-state index is 0.0323. The average Bonchev–Trinajstić information content (AvgIpc) is 2.00. The van der Waals surface area contributed by atoms with Crippen LogP contribution in [0, 0.1) is 0 Å². The number of nitrogens with two attached hydrogens (primary N) is 1. The van der Waals surface area contributed by atoms with Crippen LogP contribution in [0.1, 0.15) is 34.1 Å². The molecule has 0 aliphatic heterocycles. The highest BCUT2D eigenvalue weighted by atomic mass is 32.2. The van der Waals surface area contributed by atoms with E-state index in [1.165, 1.54) is 0 Å². The van der Waals surface area contributed by atoms with Crippen molar-refractivity contribution in [3.05, 3.63) is 0 Å². The van der Waals surface area contributed by atoms with Gasteiger partial charge in [-0.05, 0) is 20.3 Å². The van der Waals surface area contributed by atoms with Gasteiger partial charge in [0.1, 0.15) is 0 Å². The molecule has 0 saturated carbocycles. The van der Waals surface area contributed by atoms with Gasteiger partial charge in [0.05, 0.1) is 0 Å². The quantitative estimate of drug-likeness (QED) is 0.702. The Morgan fingerprint density at radius 3 is 2.09 bits per heavy atom. The van der Waals surface area contributed by atoms with Crippen LogP contribution in [0.4, 0.5) is 0 Å². The maximum absolute atomic E-state index is 11.5. The molecule has 0 spiro atoms. The maximum atomic E-state index is 11.5. The summed E-state index contributed by atoms with van der Waals surface area (Å²) in [6.07, 6.45) is 0.962. The second-order valence-corrected chi connectivity index (χ2v) is 5.32. The van der Waals surface area contributed by atoms with Crippen LogP contribution >= 0.6 is 0 Å². The summed E-state index contributed by atoms with van der Waals surface area (Å²) in [7, 11) is -0.765. The van der Waals surface area contributed by atoms with E-state index in [2.05, 4.69) is 6.92 Å². The Balaban J connectivity index is 4.02. The van der Waals surface area contributed by atoms with Crippen molar-refractivity contribution in [2.45, 2.75) is 50.7 Å². The average molecular weight is 177 g/mol. The Morgan fingerprint density at radius 2 is 1.82 bits per heavy atom. The topological polar surface area (TPSA) is 43.1 Å². The van der Waals surface area contributed by atoms with Crippen LogP contribution in [0.5, 0.6) is 0 Å². The normalized spacial score (nSPS) is 22.3. The number of rotatable bonds is 4. The molecule has 4 unspecified atom stereocenters. The van der Waals surface area contributed by atoms with E-state index in [-0.39, 0.29) is 16.5 Å². The largest absolute Gasteiger partial charge is 0.327 e. The van der Waals surface area contributed by atoms with E-state index in [0.29, 0.717) is 0 Å². The van der Waals surface area contributed by atoms with E-state index in [1.807, 2.05) is 20.8 Å². The standard InChI is InChI=1S/C8H19NOS/c1-5-6(2)11(10)8(4)7(3)9/h6-8H,5,9H2,1-4H3. The molecule has 0 aromatic rings. The van der Waals surface area contributed by atoms with Gasteiger partial charge < -0.3 is 5.73 Å². The van der Waals surface area contributed by atoms with Gasteiger partial charge in [-0.1, -0.05) is 13.8 Å². The molecule has 0 saturated heterocycles. The molecule has 2 nitrogen and oxygen atoms in total. The lowest BCUT2D eigenvalue weighted by atomic mass is 10.3. The first kappa shape index (κ1) is 11.1. The fourth-order valence-corrected chi connectivity index (χ4v) is 2.23. The van der Waals surface area contributed by atoms with Crippen molar-refractivity contribution in [1.29, 1.82) is 0 Å². The Morgan fingerprint density at radius 1 is 1.36 bits per heavy atom. The van der Waals surface area contributed by atoms with Crippen LogP contribution in [0.25, 0.3) is 0 Å². The summed E-state index contributed by atoms with van der Waals surface area (Å²) >= 11 is 0. The van der Waals surface area contributed by atoms with Crippen molar-refractivity contribution in [2.24, 2.45) is 5.73 Å². The molecular formula is C8H19NOS. The SMILES string of the molecule is CCC(C)S(=O)C(C)C(C)N. The molecule has 68 valence electrons. The Hall–Kier alpha value is 0.110. The van der Waals surface area contributed by atoms with Gasteiger partial charge in [-0.25, -0.2) is 0 Å². The molecule has 0 radical (unpaired) electrons. The smallest absolute Gasteiger partial charge is 0.0470 e. The summed E-state index contributed by atoms with van der Waals surface area (Å²) in [5.74, 6) is 0. The molecule has 0 aromatic heterocycles. The van der Waals surface area contributed by atoms with Gasteiger partial charge in [0.2, 0.25) is 0 Å². The van der Waals surface area contributed by atoms with Crippen molar-refractivity contribution in [2.75, 3.05) is 0 Å². The minimum atomic E-state index is -0.765. The molecule has 3 heteroatoms. The zero-order chi connectivity index (χ0) is 9.02. The first-order valence-electron chi connectivity index (χ1n) is 4.15. The molecule has 0 aliphatic carbocycles. The van der Waals surface area contributed by atoms with Gasteiger partial charge >= 0.3 is 0 Å². The summed E-state index contributed by atoms with van der Waals surface area (Å²) < 4.78 is 11.5. The summed E-state index contributed by atoms with van der Waals surface area (Å²) in [4.78, 5) is 0.